The van der Waals surface area contributed by atoms with Crippen molar-refractivity contribution >= 4 is 29.1 Å². The molecule has 0 atom stereocenters. The van der Waals surface area contributed by atoms with Crippen LogP contribution in [0.15, 0.2) is 43.1 Å². The Kier molecular flexibility index (Phi) is 3.04. The normalized spacial score (nSPS) is 13.4. The Morgan fingerprint density at radius 1 is 1.30 bits per heavy atom. The highest BCUT2D eigenvalue weighted by Gasteiger charge is 2.18. The zero-order valence-corrected chi connectivity index (χ0v) is 12.6. The van der Waals surface area contributed by atoms with Crippen LogP contribution in [0.25, 0.3) is 11.2 Å². The van der Waals surface area contributed by atoms with Gasteiger partial charge in [0.05, 0.1) is 6.20 Å². The molecule has 3 aromatic rings. The zero-order valence-electron chi connectivity index (χ0n) is 12.6. The summed E-state index contributed by atoms with van der Waals surface area (Å²) in [5, 5.41) is 3.25. The molecular formula is C16H16N7+. The monoisotopic (exact) mass is 306 g/mol. The Morgan fingerprint density at radius 2 is 2.17 bits per heavy atom. The van der Waals surface area contributed by atoms with Crippen molar-refractivity contribution in [3.63, 3.8) is 0 Å². The van der Waals surface area contributed by atoms with Crippen molar-refractivity contribution in [3.05, 3.63) is 54.4 Å². The molecule has 7 nitrogen and oxygen atoms in total. The molecule has 4 rings (SSSR count). The number of fused-ring (bicyclic) bond motifs is 1. The van der Waals surface area contributed by atoms with Crippen LogP contribution in [0.3, 0.4) is 0 Å². The number of nitrogens with two attached hydrogens (primary N) is 1. The molecule has 1 aliphatic heterocycles. The molecule has 0 saturated heterocycles. The van der Waals surface area contributed by atoms with Gasteiger partial charge in [-0.05, 0) is 11.6 Å². The molecule has 0 saturated carbocycles. The van der Waals surface area contributed by atoms with Gasteiger partial charge in [0.25, 0.3) is 0 Å². The quantitative estimate of drug-likeness (QED) is 0.712. The summed E-state index contributed by atoms with van der Waals surface area (Å²) in [4.78, 5) is 13.0. The van der Waals surface area contributed by atoms with E-state index in [9.17, 15) is 0 Å². The largest absolute Gasteiger partial charge is 0.381 e. The first-order chi connectivity index (χ1) is 11.2. The maximum atomic E-state index is 5.92. The van der Waals surface area contributed by atoms with Crippen molar-refractivity contribution in [1.29, 1.82) is 0 Å². The van der Waals surface area contributed by atoms with Crippen LogP contribution in [-0.4, -0.2) is 37.2 Å². The summed E-state index contributed by atoms with van der Waals surface area (Å²) >= 11 is 0. The summed E-state index contributed by atoms with van der Waals surface area (Å²) < 4.78 is 3.95. The molecule has 0 amide bonds. The van der Waals surface area contributed by atoms with Crippen LogP contribution in [0, 0.1) is 0 Å². The van der Waals surface area contributed by atoms with E-state index < -0.39 is 0 Å². The van der Waals surface area contributed by atoms with Gasteiger partial charge in [0.2, 0.25) is 0 Å². The first-order valence-corrected chi connectivity index (χ1v) is 7.26. The minimum absolute atomic E-state index is 0.394. The number of rotatable bonds is 4. The van der Waals surface area contributed by atoms with Crippen LogP contribution in [0.5, 0.6) is 0 Å². The Balaban J connectivity index is 1.53. The molecule has 7 heteroatoms. The summed E-state index contributed by atoms with van der Waals surface area (Å²) in [5.74, 6) is 0.989. The number of anilines is 2. The third-order valence-electron chi connectivity index (χ3n) is 3.69. The molecule has 4 heterocycles. The topological polar surface area (TPSA) is 84.1 Å². The van der Waals surface area contributed by atoms with Crippen molar-refractivity contribution in [2.24, 2.45) is 0 Å². The maximum Gasteiger partial charge on any atom is 0.184 e. The van der Waals surface area contributed by atoms with E-state index in [-0.39, 0.29) is 0 Å². The fraction of sp³-hybridized carbons (Fsp3) is 0.125. The van der Waals surface area contributed by atoms with Gasteiger partial charge >= 0.3 is 0 Å². The van der Waals surface area contributed by atoms with Crippen molar-refractivity contribution in [2.45, 2.75) is 6.54 Å². The summed E-state index contributed by atoms with van der Waals surface area (Å²) in [6.07, 6.45) is 11.4. The van der Waals surface area contributed by atoms with Gasteiger partial charge in [-0.25, -0.2) is 19.5 Å². The van der Waals surface area contributed by atoms with Gasteiger partial charge in [0.15, 0.2) is 24.1 Å². The van der Waals surface area contributed by atoms with Crippen LogP contribution < -0.4 is 11.1 Å². The second kappa shape index (κ2) is 5.20. The van der Waals surface area contributed by atoms with Gasteiger partial charge < -0.3 is 15.5 Å². The first kappa shape index (κ1) is 13.4. The van der Waals surface area contributed by atoms with E-state index in [0.29, 0.717) is 18.2 Å². The van der Waals surface area contributed by atoms with E-state index in [1.54, 1.807) is 12.4 Å². The average molecular weight is 306 g/mol. The maximum absolute atomic E-state index is 5.92. The van der Waals surface area contributed by atoms with Crippen molar-refractivity contribution in [3.8, 4) is 0 Å². The summed E-state index contributed by atoms with van der Waals surface area (Å²) in [7, 11) is 1.97. The molecule has 0 spiro atoms. The highest BCUT2D eigenvalue weighted by atomic mass is 15.1. The Hall–Kier alpha value is -3.22. The number of nitrogens with one attached hydrogen (secondary N) is 1. The molecule has 0 radical (unpaired) electrons. The lowest BCUT2D eigenvalue weighted by atomic mass is 10.2. The van der Waals surface area contributed by atoms with E-state index in [2.05, 4.69) is 20.3 Å². The van der Waals surface area contributed by atoms with Crippen LogP contribution in [-0.2, 0) is 6.54 Å². The highest BCUT2D eigenvalue weighted by Crippen LogP contribution is 2.20. The lowest BCUT2D eigenvalue weighted by Crippen LogP contribution is -2.14. The number of allylic oxidation sites excluding steroid dienone is 1. The molecule has 0 fully saturated rings. The Labute approximate surface area is 132 Å². The van der Waals surface area contributed by atoms with Crippen LogP contribution in [0.4, 0.5) is 11.6 Å². The second-order valence-electron chi connectivity index (χ2n) is 5.45. The standard InChI is InChI=1S/C16H16N7/c1-22-9-12(10-22)13-7-19-15(17)16(21-13)20-6-11-2-3-14-18-4-5-23(14)8-11/h2-5,7-10H,6H2,1H3,(H2,17,19)(H,20,21)/q+1. The van der Waals surface area contributed by atoms with Crippen molar-refractivity contribution in [2.75, 3.05) is 18.1 Å². The summed E-state index contributed by atoms with van der Waals surface area (Å²) in [6.45, 7) is 0.610. The predicted molar refractivity (Wildman–Crippen MR) is 89.2 cm³/mol. The second-order valence-corrected chi connectivity index (χ2v) is 5.45. The molecular weight excluding hydrogens is 290 g/mol. The first-order valence-electron chi connectivity index (χ1n) is 7.26. The van der Waals surface area contributed by atoms with Crippen LogP contribution in [0.1, 0.15) is 11.3 Å². The van der Waals surface area contributed by atoms with E-state index in [1.807, 2.05) is 53.0 Å². The zero-order chi connectivity index (χ0) is 15.8. The smallest absolute Gasteiger partial charge is 0.184 e. The van der Waals surface area contributed by atoms with Gasteiger partial charge in [0, 0.05) is 25.1 Å². The SMILES string of the molecule is C[N+]1=CC(c2cnc(N)c(NCc3ccc4nccn4c3)n2)=C1. The fourth-order valence-electron chi connectivity index (χ4n) is 2.48. The molecule has 1 aliphatic rings. The number of hydrogen-bond donors (Lipinski definition) is 2. The van der Waals surface area contributed by atoms with E-state index in [0.717, 1.165) is 22.5 Å². The Bertz CT molecular complexity index is 952. The third kappa shape index (κ3) is 2.52. The molecule has 3 N–H and O–H groups in total. The van der Waals surface area contributed by atoms with Crippen LogP contribution in [0.2, 0.25) is 0 Å². The predicted octanol–water partition coefficient (Wildman–Crippen LogP) is 1.39. The molecule has 0 aliphatic carbocycles. The van der Waals surface area contributed by atoms with Gasteiger partial charge in [0.1, 0.15) is 24.0 Å². The van der Waals surface area contributed by atoms with Crippen LogP contribution >= 0.6 is 0 Å². The molecule has 114 valence electrons. The number of imidazole rings is 1. The van der Waals surface area contributed by atoms with Crippen molar-refractivity contribution < 1.29 is 4.58 Å². The van der Waals surface area contributed by atoms with Gasteiger partial charge in [-0.1, -0.05) is 6.07 Å². The average Bonchev–Trinajstić information content (AvgIpc) is 2.99. The van der Waals surface area contributed by atoms with E-state index in [1.165, 1.54) is 0 Å². The number of nitrogens with zero attached hydrogens (tertiary/aromatic N) is 5. The molecule has 0 unspecified atom stereocenters. The number of nitrogen functional groups attached to an aromatic ring is 1. The van der Waals surface area contributed by atoms with Gasteiger partial charge in [-0.2, -0.15) is 0 Å². The molecule has 0 aromatic carbocycles. The number of pyridine rings is 1. The highest BCUT2D eigenvalue weighted by molar-refractivity contribution is 6.09. The summed E-state index contributed by atoms with van der Waals surface area (Å²) in [5.41, 5.74) is 9.81. The number of aromatic nitrogens is 4. The van der Waals surface area contributed by atoms with Gasteiger partial charge in [-0.3, -0.25) is 0 Å². The lowest BCUT2D eigenvalue weighted by molar-refractivity contribution is -0.423. The third-order valence-corrected chi connectivity index (χ3v) is 3.69. The molecule has 23 heavy (non-hydrogen) atoms. The van der Waals surface area contributed by atoms with Gasteiger partial charge in [-0.15, -0.1) is 0 Å². The minimum Gasteiger partial charge on any atom is -0.381 e. The van der Waals surface area contributed by atoms with E-state index >= 15 is 0 Å². The minimum atomic E-state index is 0.394. The molecule has 0 bridgehead atoms. The lowest BCUT2D eigenvalue weighted by Gasteiger charge is -2.11. The molecule has 3 aromatic heterocycles. The Morgan fingerprint density at radius 3 is 3.00 bits per heavy atom. The summed E-state index contributed by atoms with van der Waals surface area (Å²) in [6, 6.07) is 4.01. The number of hydrogen-bond acceptors (Lipinski definition) is 5. The van der Waals surface area contributed by atoms with Crippen molar-refractivity contribution in [1.82, 2.24) is 19.4 Å². The fourth-order valence-corrected chi connectivity index (χ4v) is 2.48. The van der Waals surface area contributed by atoms with E-state index in [4.69, 9.17) is 5.73 Å².